The SMILES string of the molecule is CCC(NC(=O)c1cc(C(=O)NC(CC)c2cccnc2C(F)(F)F)n2c1COCC2)c1ccccc1. The Balaban J connectivity index is 1.62. The molecule has 2 amide bonds. The van der Waals surface area contributed by atoms with Crippen LogP contribution >= 0.6 is 0 Å². The quantitative estimate of drug-likeness (QED) is 0.433. The van der Waals surface area contributed by atoms with Gasteiger partial charge in [0.05, 0.1) is 36.6 Å². The van der Waals surface area contributed by atoms with E-state index in [1.807, 2.05) is 37.3 Å². The highest BCUT2D eigenvalue weighted by molar-refractivity contribution is 6.01. The maximum absolute atomic E-state index is 13.5. The zero-order valence-corrected chi connectivity index (χ0v) is 20.6. The van der Waals surface area contributed by atoms with Crippen LogP contribution < -0.4 is 10.6 Å². The van der Waals surface area contributed by atoms with Crippen LogP contribution in [0.1, 0.15) is 82.1 Å². The van der Waals surface area contributed by atoms with Gasteiger partial charge in [0.2, 0.25) is 0 Å². The molecule has 1 aromatic carbocycles. The summed E-state index contributed by atoms with van der Waals surface area (Å²) < 4.78 is 47.9. The van der Waals surface area contributed by atoms with Crippen LogP contribution in [0.3, 0.4) is 0 Å². The average molecular weight is 515 g/mol. The lowest BCUT2D eigenvalue weighted by Crippen LogP contribution is -2.32. The number of ether oxygens (including phenoxy) is 1. The minimum atomic E-state index is -4.65. The molecule has 10 heteroatoms. The number of hydrogen-bond acceptors (Lipinski definition) is 4. The fourth-order valence-electron chi connectivity index (χ4n) is 4.62. The molecule has 7 nitrogen and oxygen atoms in total. The van der Waals surface area contributed by atoms with Crippen LogP contribution in [-0.2, 0) is 24.1 Å². The molecule has 0 saturated carbocycles. The largest absolute Gasteiger partial charge is 0.433 e. The monoisotopic (exact) mass is 514 g/mol. The second-order valence-corrected chi connectivity index (χ2v) is 8.81. The summed E-state index contributed by atoms with van der Waals surface area (Å²) in [4.78, 5) is 30.2. The summed E-state index contributed by atoms with van der Waals surface area (Å²) in [6.45, 7) is 4.50. The summed E-state index contributed by atoms with van der Waals surface area (Å²) in [5.41, 5.74) is 0.896. The van der Waals surface area contributed by atoms with Crippen molar-refractivity contribution < 1.29 is 27.5 Å². The molecule has 0 saturated heterocycles. The number of carbonyl (C=O) groups excluding carboxylic acids is 2. The third-order valence-corrected chi connectivity index (χ3v) is 6.50. The molecule has 0 radical (unpaired) electrons. The Kier molecular flexibility index (Phi) is 7.97. The second kappa shape index (κ2) is 11.2. The number of nitrogens with one attached hydrogen (secondary N) is 2. The molecule has 1 aliphatic heterocycles. The molecule has 37 heavy (non-hydrogen) atoms. The number of carbonyl (C=O) groups is 2. The van der Waals surface area contributed by atoms with Crippen LogP contribution in [-0.4, -0.2) is 28.0 Å². The lowest BCUT2D eigenvalue weighted by molar-refractivity contribution is -0.142. The van der Waals surface area contributed by atoms with Crippen LogP contribution in [0.25, 0.3) is 0 Å². The molecule has 2 atom stereocenters. The molecule has 3 aromatic rings. The van der Waals surface area contributed by atoms with E-state index in [2.05, 4.69) is 15.6 Å². The number of pyridine rings is 1. The van der Waals surface area contributed by atoms with Crippen molar-refractivity contribution >= 4 is 11.8 Å². The maximum atomic E-state index is 13.5. The van der Waals surface area contributed by atoms with Gasteiger partial charge in [-0.25, -0.2) is 0 Å². The molecule has 0 bridgehead atoms. The van der Waals surface area contributed by atoms with Gasteiger partial charge in [0.25, 0.3) is 11.8 Å². The smallest absolute Gasteiger partial charge is 0.373 e. The number of alkyl halides is 3. The predicted molar refractivity (Wildman–Crippen MR) is 131 cm³/mol. The first-order chi connectivity index (χ1) is 17.7. The Morgan fingerprint density at radius 2 is 1.73 bits per heavy atom. The van der Waals surface area contributed by atoms with Gasteiger partial charge in [-0.2, -0.15) is 13.2 Å². The fraction of sp³-hybridized carbons (Fsp3) is 0.370. The summed E-state index contributed by atoms with van der Waals surface area (Å²) in [5.74, 6) is -0.913. The highest BCUT2D eigenvalue weighted by atomic mass is 19.4. The molecule has 3 heterocycles. The Bertz CT molecular complexity index is 1260. The first-order valence-corrected chi connectivity index (χ1v) is 12.2. The van der Waals surface area contributed by atoms with Gasteiger partial charge in [-0.3, -0.25) is 14.6 Å². The molecule has 2 aromatic heterocycles. The van der Waals surface area contributed by atoms with Crippen molar-refractivity contribution in [2.75, 3.05) is 6.61 Å². The van der Waals surface area contributed by atoms with Gasteiger partial charge in [-0.1, -0.05) is 50.2 Å². The van der Waals surface area contributed by atoms with E-state index in [0.717, 1.165) is 11.8 Å². The molecule has 0 fully saturated rings. The number of halogens is 3. The number of nitrogens with zero attached hydrogens (tertiary/aromatic N) is 2. The van der Waals surface area contributed by atoms with E-state index >= 15 is 0 Å². The van der Waals surface area contributed by atoms with E-state index in [1.54, 1.807) is 11.5 Å². The summed E-state index contributed by atoms with van der Waals surface area (Å²) in [7, 11) is 0. The fourth-order valence-corrected chi connectivity index (χ4v) is 4.62. The van der Waals surface area contributed by atoms with Crippen LogP contribution in [0.4, 0.5) is 13.2 Å². The number of rotatable bonds is 8. The highest BCUT2D eigenvalue weighted by Crippen LogP contribution is 2.34. The van der Waals surface area contributed by atoms with Crippen LogP contribution in [0.5, 0.6) is 0 Å². The predicted octanol–water partition coefficient (Wildman–Crippen LogP) is 5.19. The van der Waals surface area contributed by atoms with Crippen molar-refractivity contribution in [2.45, 2.75) is 58.1 Å². The lowest BCUT2D eigenvalue weighted by Gasteiger charge is -2.23. The molecule has 2 unspecified atom stereocenters. The first-order valence-electron chi connectivity index (χ1n) is 12.2. The zero-order chi connectivity index (χ0) is 26.6. The van der Waals surface area contributed by atoms with Gasteiger partial charge in [0.15, 0.2) is 0 Å². The Hall–Kier alpha value is -3.66. The van der Waals surface area contributed by atoms with E-state index in [9.17, 15) is 22.8 Å². The van der Waals surface area contributed by atoms with E-state index in [-0.39, 0.29) is 36.2 Å². The number of amides is 2. The van der Waals surface area contributed by atoms with Crippen LogP contribution in [0, 0.1) is 0 Å². The topological polar surface area (TPSA) is 85.3 Å². The highest BCUT2D eigenvalue weighted by Gasteiger charge is 2.37. The van der Waals surface area contributed by atoms with Crippen molar-refractivity contribution in [1.29, 1.82) is 0 Å². The number of aromatic nitrogens is 2. The Morgan fingerprint density at radius 3 is 2.41 bits per heavy atom. The van der Waals surface area contributed by atoms with Crippen LogP contribution in [0.15, 0.2) is 54.7 Å². The Morgan fingerprint density at radius 1 is 1.03 bits per heavy atom. The molecular weight excluding hydrogens is 485 g/mol. The van der Waals surface area contributed by atoms with Gasteiger partial charge < -0.3 is 19.9 Å². The molecule has 0 aliphatic carbocycles. The van der Waals surface area contributed by atoms with Crippen molar-refractivity contribution in [3.8, 4) is 0 Å². The van der Waals surface area contributed by atoms with Gasteiger partial charge in [0.1, 0.15) is 11.4 Å². The summed E-state index contributed by atoms with van der Waals surface area (Å²) in [5, 5.41) is 5.75. The number of hydrogen-bond donors (Lipinski definition) is 2. The normalized spacial score (nSPS) is 14.9. The molecular formula is C27H29F3N4O3. The zero-order valence-electron chi connectivity index (χ0n) is 20.6. The van der Waals surface area contributed by atoms with E-state index in [4.69, 9.17) is 4.74 Å². The third-order valence-electron chi connectivity index (χ3n) is 6.50. The molecule has 196 valence electrons. The average Bonchev–Trinajstić information content (AvgIpc) is 3.30. The minimum Gasteiger partial charge on any atom is -0.373 e. The van der Waals surface area contributed by atoms with Crippen molar-refractivity contribution in [3.05, 3.63) is 88.5 Å². The van der Waals surface area contributed by atoms with E-state index < -0.39 is 23.8 Å². The molecule has 2 N–H and O–H groups in total. The van der Waals surface area contributed by atoms with E-state index in [1.165, 1.54) is 18.2 Å². The van der Waals surface area contributed by atoms with Crippen molar-refractivity contribution in [3.63, 3.8) is 0 Å². The van der Waals surface area contributed by atoms with Gasteiger partial charge >= 0.3 is 6.18 Å². The maximum Gasteiger partial charge on any atom is 0.433 e. The van der Waals surface area contributed by atoms with Gasteiger partial charge in [0, 0.05) is 18.3 Å². The standard InChI is InChI=1S/C27H29F3N4O3/c1-3-20(17-9-6-5-7-10-17)32-25(35)19-15-22(34-13-14-37-16-23(19)34)26(36)33-21(4-2)18-11-8-12-31-24(18)27(28,29)30/h5-12,15,20-21H,3-4,13-14,16H2,1-2H3,(H,32,35)(H,33,36). The second-order valence-electron chi connectivity index (χ2n) is 8.81. The number of benzene rings is 1. The summed E-state index contributed by atoms with van der Waals surface area (Å²) in [6, 6.07) is 12.7. The number of fused-ring (bicyclic) bond motifs is 1. The Labute approximate surface area is 213 Å². The molecule has 4 rings (SSSR count). The van der Waals surface area contributed by atoms with Gasteiger partial charge in [-0.15, -0.1) is 0 Å². The lowest BCUT2D eigenvalue weighted by atomic mass is 10.0. The molecule has 0 spiro atoms. The summed E-state index contributed by atoms with van der Waals surface area (Å²) in [6.07, 6.45) is -2.69. The first kappa shape index (κ1) is 26.4. The van der Waals surface area contributed by atoms with Crippen molar-refractivity contribution in [2.24, 2.45) is 0 Å². The van der Waals surface area contributed by atoms with Crippen LogP contribution in [0.2, 0.25) is 0 Å². The third kappa shape index (κ3) is 5.69. The summed E-state index contributed by atoms with van der Waals surface area (Å²) >= 11 is 0. The van der Waals surface area contributed by atoms with Crippen molar-refractivity contribution in [1.82, 2.24) is 20.2 Å². The minimum absolute atomic E-state index is 0.105. The van der Waals surface area contributed by atoms with Gasteiger partial charge in [-0.05, 0) is 30.5 Å². The van der Waals surface area contributed by atoms with E-state index in [0.29, 0.717) is 30.8 Å². The molecule has 1 aliphatic rings.